The smallest absolute Gasteiger partial charge is 0.401 e. The summed E-state index contributed by atoms with van der Waals surface area (Å²) >= 11 is 29.7. The van der Waals surface area contributed by atoms with Gasteiger partial charge in [-0.05, 0) is 0 Å². The lowest BCUT2D eigenvalue weighted by molar-refractivity contribution is 0.0182. The molecule has 4 nitrogen and oxygen atoms in total. The van der Waals surface area contributed by atoms with Gasteiger partial charge >= 0.3 is 7.82 Å². The van der Waals surface area contributed by atoms with E-state index in [4.69, 9.17) is 71.6 Å². The monoisotopic (exact) mass is 412 g/mol. The normalized spacial score (nSPS) is 20.3. The third-order valence-corrected chi connectivity index (χ3v) is 6.14. The Morgan fingerprint density at radius 3 is 1.71 bits per heavy atom. The van der Waals surface area contributed by atoms with Crippen LogP contribution in [0, 0.1) is 5.41 Å². The standard InChI is InChI=1S/C11H10Cl5O4P/c1-11(2)3-18-21(17,19-4-11)20-10-8(15)6(13)5(12)7(14)9(10)16/h3-4H2,1-2H3. The van der Waals surface area contributed by atoms with Crippen molar-refractivity contribution >= 4 is 65.8 Å². The van der Waals surface area contributed by atoms with Gasteiger partial charge in [0.2, 0.25) is 0 Å². The predicted molar refractivity (Wildman–Crippen MR) is 85.4 cm³/mol. The van der Waals surface area contributed by atoms with Crippen LogP contribution in [0.25, 0.3) is 0 Å². The highest BCUT2D eigenvalue weighted by Gasteiger charge is 2.40. The van der Waals surface area contributed by atoms with E-state index in [1.54, 1.807) is 0 Å². The molecule has 0 saturated carbocycles. The molecule has 0 N–H and O–H groups in total. The molecule has 1 fully saturated rings. The molecular formula is C11H10Cl5O4P. The molecule has 0 radical (unpaired) electrons. The first kappa shape index (κ1) is 18.0. The van der Waals surface area contributed by atoms with Gasteiger partial charge in [-0.1, -0.05) is 71.9 Å². The lowest BCUT2D eigenvalue weighted by Crippen LogP contribution is -2.30. The third kappa shape index (κ3) is 3.76. The van der Waals surface area contributed by atoms with Crippen molar-refractivity contribution in [3.8, 4) is 5.75 Å². The first-order chi connectivity index (χ1) is 9.56. The molecule has 1 heterocycles. The zero-order chi connectivity index (χ0) is 16.0. The second-order valence-corrected chi connectivity index (χ2v) is 8.63. The molecular weight excluding hydrogens is 404 g/mol. The molecule has 1 saturated heterocycles. The van der Waals surface area contributed by atoms with Crippen LogP contribution in [-0.4, -0.2) is 13.2 Å². The Balaban J connectivity index is 2.35. The summed E-state index contributed by atoms with van der Waals surface area (Å²) in [6, 6.07) is 0. The van der Waals surface area contributed by atoms with E-state index in [0.717, 1.165) is 0 Å². The number of phosphoric ester groups is 1. The quantitative estimate of drug-likeness (QED) is 0.314. The van der Waals surface area contributed by atoms with Crippen molar-refractivity contribution in [2.75, 3.05) is 13.2 Å². The maximum atomic E-state index is 12.4. The summed E-state index contributed by atoms with van der Waals surface area (Å²) in [6.07, 6.45) is 0. The van der Waals surface area contributed by atoms with Crippen molar-refractivity contribution in [1.29, 1.82) is 0 Å². The van der Waals surface area contributed by atoms with Gasteiger partial charge in [0.25, 0.3) is 0 Å². The van der Waals surface area contributed by atoms with Gasteiger partial charge in [0, 0.05) is 5.41 Å². The Bertz CT molecular complexity index is 591. The molecule has 0 bridgehead atoms. The molecule has 1 aliphatic heterocycles. The van der Waals surface area contributed by atoms with Crippen LogP contribution in [-0.2, 0) is 13.6 Å². The molecule has 0 aromatic heterocycles. The van der Waals surface area contributed by atoms with Crippen molar-refractivity contribution in [3.63, 3.8) is 0 Å². The molecule has 0 atom stereocenters. The first-order valence-corrected chi connectivity index (χ1v) is 9.01. The summed E-state index contributed by atoms with van der Waals surface area (Å²) in [7, 11) is -3.85. The minimum atomic E-state index is -3.85. The van der Waals surface area contributed by atoms with Gasteiger partial charge in [-0.25, -0.2) is 4.57 Å². The Kier molecular flexibility index (Phi) is 5.35. The van der Waals surface area contributed by atoms with E-state index < -0.39 is 7.82 Å². The average Bonchev–Trinajstić information content (AvgIpc) is 2.43. The number of hydrogen-bond acceptors (Lipinski definition) is 4. The molecule has 10 heteroatoms. The van der Waals surface area contributed by atoms with E-state index in [9.17, 15) is 4.57 Å². The van der Waals surface area contributed by atoms with Crippen molar-refractivity contribution in [3.05, 3.63) is 25.1 Å². The van der Waals surface area contributed by atoms with E-state index in [1.165, 1.54) is 0 Å². The van der Waals surface area contributed by atoms with E-state index in [-0.39, 0.29) is 49.5 Å². The second-order valence-electron chi connectivity index (χ2n) is 5.15. The van der Waals surface area contributed by atoms with Gasteiger partial charge in [0.05, 0.1) is 28.3 Å². The molecule has 2 rings (SSSR count). The van der Waals surface area contributed by atoms with Gasteiger partial charge in [-0.3, -0.25) is 9.05 Å². The first-order valence-electron chi connectivity index (χ1n) is 5.66. The minimum absolute atomic E-state index is 0.0226. The highest BCUT2D eigenvalue weighted by molar-refractivity contribution is 7.49. The SMILES string of the molecule is CC1(C)COP(=O)(Oc2c(Cl)c(Cl)c(Cl)c(Cl)c2Cl)OC1. The maximum Gasteiger partial charge on any atom is 0.530 e. The fourth-order valence-electron chi connectivity index (χ4n) is 1.42. The Morgan fingerprint density at radius 1 is 0.905 bits per heavy atom. The molecule has 0 amide bonds. The summed E-state index contributed by atoms with van der Waals surface area (Å²) < 4.78 is 28.0. The van der Waals surface area contributed by atoms with Crippen LogP contribution in [0.2, 0.25) is 25.1 Å². The summed E-state index contributed by atoms with van der Waals surface area (Å²) in [5.41, 5.74) is -0.278. The van der Waals surface area contributed by atoms with Crippen LogP contribution >= 0.6 is 65.8 Å². The van der Waals surface area contributed by atoms with Gasteiger partial charge in [0.1, 0.15) is 10.0 Å². The minimum Gasteiger partial charge on any atom is -0.401 e. The molecule has 21 heavy (non-hydrogen) atoms. The maximum absolute atomic E-state index is 12.4. The molecule has 0 aliphatic carbocycles. The summed E-state index contributed by atoms with van der Waals surface area (Å²) in [6.45, 7) is 4.17. The van der Waals surface area contributed by atoms with E-state index in [0.29, 0.717) is 0 Å². The summed E-state index contributed by atoms with van der Waals surface area (Å²) in [4.78, 5) is 0. The van der Waals surface area contributed by atoms with E-state index >= 15 is 0 Å². The second kappa shape index (κ2) is 6.26. The molecule has 0 unspecified atom stereocenters. The largest absolute Gasteiger partial charge is 0.530 e. The number of phosphoric acid groups is 1. The fraction of sp³-hybridized carbons (Fsp3) is 0.455. The van der Waals surface area contributed by atoms with Gasteiger partial charge < -0.3 is 4.52 Å². The van der Waals surface area contributed by atoms with Crippen LogP contribution in [0.15, 0.2) is 0 Å². The zero-order valence-electron chi connectivity index (χ0n) is 10.9. The molecule has 1 aromatic rings. The van der Waals surface area contributed by atoms with Gasteiger partial charge in [-0.2, -0.15) is 0 Å². The Labute approximate surface area is 147 Å². The molecule has 0 spiro atoms. The van der Waals surface area contributed by atoms with Crippen molar-refractivity contribution in [2.45, 2.75) is 13.8 Å². The lowest BCUT2D eigenvalue weighted by atomic mass is 9.97. The molecule has 1 aromatic carbocycles. The van der Waals surface area contributed by atoms with E-state index in [1.807, 2.05) is 13.8 Å². The molecule has 1 aliphatic rings. The van der Waals surface area contributed by atoms with Crippen molar-refractivity contribution < 1.29 is 18.1 Å². The summed E-state index contributed by atoms with van der Waals surface area (Å²) in [5.74, 6) is -0.194. The number of halogens is 5. The summed E-state index contributed by atoms with van der Waals surface area (Å²) in [5, 5.41) is -0.393. The van der Waals surface area contributed by atoms with Crippen LogP contribution < -0.4 is 4.52 Å². The number of hydrogen-bond donors (Lipinski definition) is 0. The Hall–Kier alpha value is 0.620. The van der Waals surface area contributed by atoms with Gasteiger partial charge in [-0.15, -0.1) is 0 Å². The number of benzene rings is 1. The topological polar surface area (TPSA) is 44.8 Å². The van der Waals surface area contributed by atoms with Crippen LogP contribution in [0.5, 0.6) is 5.75 Å². The molecule has 118 valence electrons. The van der Waals surface area contributed by atoms with Crippen LogP contribution in [0.4, 0.5) is 0 Å². The third-order valence-electron chi connectivity index (χ3n) is 2.60. The van der Waals surface area contributed by atoms with E-state index in [2.05, 4.69) is 0 Å². The highest BCUT2D eigenvalue weighted by atomic mass is 35.5. The van der Waals surface area contributed by atoms with Gasteiger partial charge in [0.15, 0.2) is 5.75 Å². The van der Waals surface area contributed by atoms with Crippen LogP contribution in [0.3, 0.4) is 0 Å². The van der Waals surface area contributed by atoms with Crippen molar-refractivity contribution in [1.82, 2.24) is 0 Å². The highest BCUT2D eigenvalue weighted by Crippen LogP contribution is 2.58. The zero-order valence-corrected chi connectivity index (χ0v) is 15.6. The Morgan fingerprint density at radius 2 is 1.29 bits per heavy atom. The van der Waals surface area contributed by atoms with Crippen LogP contribution in [0.1, 0.15) is 13.8 Å². The number of rotatable bonds is 2. The average molecular weight is 414 g/mol. The lowest BCUT2D eigenvalue weighted by Gasteiger charge is -2.33. The predicted octanol–water partition coefficient (Wildman–Crippen LogP) is 6.51. The van der Waals surface area contributed by atoms with Crippen molar-refractivity contribution in [2.24, 2.45) is 5.41 Å². The fourth-order valence-corrected chi connectivity index (χ4v) is 4.32.